The molecule has 0 atom stereocenters. The fourth-order valence-corrected chi connectivity index (χ4v) is 2.10. The van der Waals surface area contributed by atoms with E-state index in [0.717, 1.165) is 24.7 Å². The Hall–Kier alpha value is -1.62. The van der Waals surface area contributed by atoms with Gasteiger partial charge < -0.3 is 4.98 Å². The first kappa shape index (κ1) is 11.5. The molecule has 18 heavy (non-hydrogen) atoms. The molecular formula is C13H10F2N2S. The molecule has 0 amide bonds. The van der Waals surface area contributed by atoms with Gasteiger partial charge in [0.1, 0.15) is 22.1 Å². The molecule has 1 aromatic carbocycles. The van der Waals surface area contributed by atoms with Gasteiger partial charge in [-0.1, -0.05) is 12.2 Å². The minimum atomic E-state index is -0.603. The van der Waals surface area contributed by atoms with Gasteiger partial charge in [0.15, 0.2) is 0 Å². The third kappa shape index (κ3) is 2.18. The van der Waals surface area contributed by atoms with Crippen molar-refractivity contribution in [3.8, 4) is 11.3 Å². The molecule has 2 aromatic rings. The van der Waals surface area contributed by atoms with E-state index in [9.17, 15) is 8.78 Å². The summed E-state index contributed by atoms with van der Waals surface area (Å²) in [6.07, 6.45) is 2.15. The number of hydrogen-bond acceptors (Lipinski definition) is 2. The van der Waals surface area contributed by atoms with Crippen molar-refractivity contribution in [2.45, 2.75) is 18.8 Å². The number of halogens is 2. The Kier molecular flexibility index (Phi) is 2.70. The van der Waals surface area contributed by atoms with Crippen molar-refractivity contribution in [2.75, 3.05) is 0 Å². The highest BCUT2D eigenvalue weighted by Crippen LogP contribution is 2.38. The lowest BCUT2D eigenvalue weighted by atomic mass is 10.1. The second-order valence-electron chi connectivity index (χ2n) is 4.42. The van der Waals surface area contributed by atoms with E-state index in [4.69, 9.17) is 12.2 Å². The van der Waals surface area contributed by atoms with E-state index >= 15 is 0 Å². The molecule has 1 aromatic heterocycles. The number of benzene rings is 1. The van der Waals surface area contributed by atoms with Gasteiger partial charge in [-0.3, -0.25) is 0 Å². The molecule has 1 saturated carbocycles. The number of aromatic nitrogens is 2. The summed E-state index contributed by atoms with van der Waals surface area (Å²) in [5, 5.41) is 0. The molecular weight excluding hydrogens is 254 g/mol. The second-order valence-corrected chi connectivity index (χ2v) is 4.84. The maximum absolute atomic E-state index is 13.7. The van der Waals surface area contributed by atoms with E-state index in [1.165, 1.54) is 12.1 Å². The Bertz CT molecular complexity index is 662. The van der Waals surface area contributed by atoms with Crippen LogP contribution in [0.5, 0.6) is 0 Å². The van der Waals surface area contributed by atoms with Crippen molar-refractivity contribution < 1.29 is 8.78 Å². The molecule has 92 valence electrons. The predicted octanol–water partition coefficient (Wildman–Crippen LogP) is 3.96. The molecule has 1 fully saturated rings. The van der Waals surface area contributed by atoms with Gasteiger partial charge in [0.05, 0.1) is 5.69 Å². The SMILES string of the molecule is Fc1ccc(-c2cc(=S)nc(C3CC3)[nH]2)c(F)c1. The van der Waals surface area contributed by atoms with Crippen LogP contribution in [-0.4, -0.2) is 9.97 Å². The van der Waals surface area contributed by atoms with Crippen LogP contribution in [0.3, 0.4) is 0 Å². The molecule has 1 N–H and O–H groups in total. The molecule has 3 rings (SSSR count). The van der Waals surface area contributed by atoms with Crippen molar-refractivity contribution in [2.24, 2.45) is 0 Å². The van der Waals surface area contributed by atoms with E-state index in [1.54, 1.807) is 6.07 Å². The van der Waals surface area contributed by atoms with Gasteiger partial charge in [-0.05, 0) is 31.0 Å². The monoisotopic (exact) mass is 264 g/mol. The third-order valence-electron chi connectivity index (χ3n) is 2.95. The molecule has 1 heterocycles. The van der Waals surface area contributed by atoms with Crippen LogP contribution < -0.4 is 0 Å². The van der Waals surface area contributed by atoms with Gasteiger partial charge in [0, 0.05) is 17.5 Å². The van der Waals surface area contributed by atoms with Gasteiger partial charge in [-0.25, -0.2) is 13.8 Å². The smallest absolute Gasteiger partial charge is 0.135 e. The van der Waals surface area contributed by atoms with Crippen LogP contribution in [0.2, 0.25) is 0 Å². The van der Waals surface area contributed by atoms with Crippen molar-refractivity contribution in [3.63, 3.8) is 0 Å². The maximum atomic E-state index is 13.7. The van der Waals surface area contributed by atoms with Gasteiger partial charge in [0.25, 0.3) is 0 Å². The first-order valence-corrected chi connectivity index (χ1v) is 6.11. The van der Waals surface area contributed by atoms with Crippen molar-refractivity contribution in [3.05, 3.63) is 46.4 Å². The first-order chi connectivity index (χ1) is 8.63. The van der Waals surface area contributed by atoms with Gasteiger partial charge in [-0.2, -0.15) is 0 Å². The predicted molar refractivity (Wildman–Crippen MR) is 66.7 cm³/mol. The molecule has 2 nitrogen and oxygen atoms in total. The Balaban J connectivity index is 2.13. The number of rotatable bonds is 2. The number of nitrogens with one attached hydrogen (secondary N) is 1. The molecule has 0 saturated heterocycles. The van der Waals surface area contributed by atoms with Crippen LogP contribution in [-0.2, 0) is 0 Å². The van der Waals surface area contributed by atoms with Crippen LogP contribution in [0.4, 0.5) is 8.78 Å². The quantitative estimate of drug-likeness (QED) is 0.832. The average Bonchev–Trinajstić information content (AvgIpc) is 3.11. The van der Waals surface area contributed by atoms with Crippen LogP contribution in [0.25, 0.3) is 11.3 Å². The summed E-state index contributed by atoms with van der Waals surface area (Å²) in [6.45, 7) is 0. The lowest BCUT2D eigenvalue weighted by Crippen LogP contribution is -1.97. The summed E-state index contributed by atoms with van der Waals surface area (Å²) in [4.78, 5) is 7.31. The van der Waals surface area contributed by atoms with Gasteiger partial charge >= 0.3 is 0 Å². The second kappa shape index (κ2) is 4.24. The molecule has 0 bridgehead atoms. The summed E-state index contributed by atoms with van der Waals surface area (Å²) in [6, 6.07) is 5.09. The Labute approximate surface area is 108 Å². The van der Waals surface area contributed by atoms with E-state index in [1.807, 2.05) is 0 Å². The lowest BCUT2D eigenvalue weighted by molar-refractivity contribution is 0.585. The van der Waals surface area contributed by atoms with Crippen LogP contribution in [0.1, 0.15) is 24.6 Å². The summed E-state index contributed by atoms with van der Waals surface area (Å²) in [5.41, 5.74) is 0.862. The summed E-state index contributed by atoms with van der Waals surface area (Å²) in [7, 11) is 0. The van der Waals surface area contributed by atoms with Crippen molar-refractivity contribution in [1.29, 1.82) is 0 Å². The highest BCUT2D eigenvalue weighted by Gasteiger charge is 2.26. The van der Waals surface area contributed by atoms with E-state index < -0.39 is 11.6 Å². The van der Waals surface area contributed by atoms with Crippen LogP contribution in [0, 0.1) is 16.3 Å². The molecule has 0 radical (unpaired) electrons. The van der Waals surface area contributed by atoms with Crippen LogP contribution >= 0.6 is 12.2 Å². The molecule has 0 unspecified atom stereocenters. The van der Waals surface area contributed by atoms with Crippen molar-refractivity contribution in [1.82, 2.24) is 9.97 Å². The Morgan fingerprint density at radius 1 is 1.22 bits per heavy atom. The van der Waals surface area contributed by atoms with Crippen molar-refractivity contribution >= 4 is 12.2 Å². The maximum Gasteiger partial charge on any atom is 0.135 e. The minimum absolute atomic E-state index is 0.312. The highest BCUT2D eigenvalue weighted by molar-refractivity contribution is 7.71. The Morgan fingerprint density at radius 2 is 2.00 bits per heavy atom. The van der Waals surface area contributed by atoms with Gasteiger partial charge in [0.2, 0.25) is 0 Å². The zero-order chi connectivity index (χ0) is 12.7. The highest BCUT2D eigenvalue weighted by atomic mass is 32.1. The van der Waals surface area contributed by atoms with E-state index in [2.05, 4.69) is 9.97 Å². The zero-order valence-corrected chi connectivity index (χ0v) is 10.2. The third-order valence-corrected chi connectivity index (χ3v) is 3.16. The summed E-state index contributed by atoms with van der Waals surface area (Å²) < 4.78 is 27.0. The standard InChI is InChI=1S/C13H10F2N2S/c14-8-3-4-9(10(15)5-8)11-6-12(18)17-13(16-11)7-1-2-7/h3-7H,1-2H2,(H,16,17,18). The largest absolute Gasteiger partial charge is 0.343 e. The fraction of sp³-hybridized carbons (Fsp3) is 0.231. The number of aromatic amines is 1. The molecule has 5 heteroatoms. The average molecular weight is 264 g/mol. The molecule has 1 aliphatic rings. The summed E-state index contributed by atoms with van der Waals surface area (Å²) >= 11 is 5.08. The molecule has 0 aliphatic heterocycles. The van der Waals surface area contributed by atoms with E-state index in [-0.39, 0.29) is 0 Å². The number of H-pyrrole nitrogens is 1. The van der Waals surface area contributed by atoms with E-state index in [0.29, 0.717) is 21.8 Å². The summed E-state index contributed by atoms with van der Waals surface area (Å²) in [5.74, 6) is -0.00343. The number of hydrogen-bond donors (Lipinski definition) is 1. The minimum Gasteiger partial charge on any atom is -0.343 e. The topological polar surface area (TPSA) is 28.7 Å². The molecule has 0 spiro atoms. The zero-order valence-electron chi connectivity index (χ0n) is 9.41. The first-order valence-electron chi connectivity index (χ1n) is 5.70. The van der Waals surface area contributed by atoms with Crippen LogP contribution in [0.15, 0.2) is 24.3 Å². The fourth-order valence-electron chi connectivity index (χ4n) is 1.88. The molecule has 1 aliphatic carbocycles. The number of nitrogens with zero attached hydrogens (tertiary/aromatic N) is 1. The normalized spacial score (nSPS) is 14.8. The Morgan fingerprint density at radius 3 is 2.67 bits per heavy atom. The van der Waals surface area contributed by atoms with Gasteiger partial charge in [-0.15, -0.1) is 0 Å². The lowest BCUT2D eigenvalue weighted by Gasteiger charge is -2.06.